The van der Waals surface area contributed by atoms with Gasteiger partial charge in [-0.05, 0) is 30.9 Å². The molecule has 0 atom stereocenters. The van der Waals surface area contributed by atoms with Gasteiger partial charge in [0.15, 0.2) is 0 Å². The van der Waals surface area contributed by atoms with Gasteiger partial charge in [0, 0.05) is 5.54 Å². The third-order valence-corrected chi connectivity index (χ3v) is 2.76. The highest BCUT2D eigenvalue weighted by atomic mass is 35.5. The van der Waals surface area contributed by atoms with E-state index in [-0.39, 0.29) is 17.9 Å². The Bertz CT molecular complexity index is 372. The Morgan fingerprint density at radius 1 is 1.19 bits per heavy atom. The van der Waals surface area contributed by atoms with Crippen molar-refractivity contribution in [3.63, 3.8) is 0 Å². The number of alkyl halides is 3. The Morgan fingerprint density at radius 3 is 2.25 bits per heavy atom. The molecule has 1 aliphatic carbocycles. The lowest BCUT2D eigenvalue weighted by Crippen LogP contribution is -2.26. The van der Waals surface area contributed by atoms with Crippen molar-refractivity contribution in [3.05, 3.63) is 35.4 Å². The SMILES string of the molecule is Cl.NC1(Cc2ccccc2C(F)(F)F)CC1. The van der Waals surface area contributed by atoms with Crippen LogP contribution in [0.3, 0.4) is 0 Å². The summed E-state index contributed by atoms with van der Waals surface area (Å²) in [5.74, 6) is 0. The maximum Gasteiger partial charge on any atom is 0.416 e. The molecule has 0 heterocycles. The topological polar surface area (TPSA) is 26.0 Å². The number of hydrogen-bond donors (Lipinski definition) is 1. The van der Waals surface area contributed by atoms with E-state index in [0.29, 0.717) is 12.0 Å². The van der Waals surface area contributed by atoms with Crippen molar-refractivity contribution < 1.29 is 13.2 Å². The first kappa shape index (κ1) is 13.3. The van der Waals surface area contributed by atoms with Crippen molar-refractivity contribution in [3.8, 4) is 0 Å². The van der Waals surface area contributed by atoms with E-state index in [1.807, 2.05) is 0 Å². The maximum absolute atomic E-state index is 12.6. The van der Waals surface area contributed by atoms with E-state index in [0.717, 1.165) is 18.9 Å². The van der Waals surface area contributed by atoms with Crippen LogP contribution in [-0.2, 0) is 12.6 Å². The summed E-state index contributed by atoms with van der Waals surface area (Å²) in [6.07, 6.45) is -2.32. The minimum absolute atomic E-state index is 0. The Kier molecular flexibility index (Phi) is 3.55. The van der Waals surface area contributed by atoms with Crippen LogP contribution in [-0.4, -0.2) is 5.54 Å². The van der Waals surface area contributed by atoms with E-state index in [1.54, 1.807) is 6.07 Å². The van der Waals surface area contributed by atoms with Crippen molar-refractivity contribution in [1.29, 1.82) is 0 Å². The second kappa shape index (κ2) is 4.26. The van der Waals surface area contributed by atoms with Crippen LogP contribution in [0.5, 0.6) is 0 Å². The van der Waals surface area contributed by atoms with Gasteiger partial charge in [-0.15, -0.1) is 12.4 Å². The molecular formula is C11H13ClF3N. The van der Waals surface area contributed by atoms with E-state index < -0.39 is 11.7 Å². The summed E-state index contributed by atoms with van der Waals surface area (Å²) >= 11 is 0. The van der Waals surface area contributed by atoms with Gasteiger partial charge < -0.3 is 5.73 Å². The molecule has 0 aliphatic heterocycles. The Morgan fingerprint density at radius 2 is 1.75 bits per heavy atom. The van der Waals surface area contributed by atoms with Crippen LogP contribution in [0.25, 0.3) is 0 Å². The molecule has 1 fully saturated rings. The van der Waals surface area contributed by atoms with Crippen LogP contribution in [0.1, 0.15) is 24.0 Å². The molecule has 0 bridgehead atoms. The molecule has 90 valence electrons. The molecule has 1 aromatic rings. The number of halogens is 4. The molecular weight excluding hydrogens is 239 g/mol. The van der Waals surface area contributed by atoms with Crippen molar-refractivity contribution in [2.45, 2.75) is 31.0 Å². The largest absolute Gasteiger partial charge is 0.416 e. The molecule has 1 aromatic carbocycles. The fraction of sp³-hybridized carbons (Fsp3) is 0.455. The van der Waals surface area contributed by atoms with E-state index in [4.69, 9.17) is 5.73 Å². The molecule has 0 aromatic heterocycles. The van der Waals surface area contributed by atoms with Gasteiger partial charge in [0.25, 0.3) is 0 Å². The third kappa shape index (κ3) is 2.89. The van der Waals surface area contributed by atoms with E-state index >= 15 is 0 Å². The molecule has 1 nitrogen and oxygen atoms in total. The Balaban J connectivity index is 0.00000128. The van der Waals surface area contributed by atoms with Gasteiger partial charge in [-0.1, -0.05) is 18.2 Å². The second-order valence-electron chi connectivity index (χ2n) is 4.19. The van der Waals surface area contributed by atoms with Gasteiger partial charge >= 0.3 is 6.18 Å². The number of hydrogen-bond acceptors (Lipinski definition) is 1. The lowest BCUT2D eigenvalue weighted by molar-refractivity contribution is -0.138. The summed E-state index contributed by atoms with van der Waals surface area (Å²) in [7, 11) is 0. The first-order chi connectivity index (χ1) is 6.91. The summed E-state index contributed by atoms with van der Waals surface area (Å²) in [6, 6.07) is 5.65. The fourth-order valence-electron chi connectivity index (χ4n) is 1.67. The van der Waals surface area contributed by atoms with E-state index in [2.05, 4.69) is 0 Å². The number of nitrogens with two attached hydrogens (primary N) is 1. The lowest BCUT2D eigenvalue weighted by Gasteiger charge is -2.15. The first-order valence-electron chi connectivity index (χ1n) is 4.85. The Hall–Kier alpha value is -0.740. The average Bonchev–Trinajstić information content (AvgIpc) is 2.82. The summed E-state index contributed by atoms with van der Waals surface area (Å²) in [5, 5.41) is 0. The molecule has 2 N–H and O–H groups in total. The van der Waals surface area contributed by atoms with Crippen LogP contribution in [0, 0.1) is 0 Å². The van der Waals surface area contributed by atoms with Crippen molar-refractivity contribution in [1.82, 2.24) is 0 Å². The van der Waals surface area contributed by atoms with Crippen LogP contribution in [0.2, 0.25) is 0 Å². The number of benzene rings is 1. The van der Waals surface area contributed by atoms with Crippen molar-refractivity contribution >= 4 is 12.4 Å². The van der Waals surface area contributed by atoms with Crippen LogP contribution >= 0.6 is 12.4 Å². The molecule has 2 rings (SSSR count). The van der Waals surface area contributed by atoms with E-state index in [1.165, 1.54) is 12.1 Å². The minimum atomic E-state index is -4.28. The molecule has 5 heteroatoms. The standard InChI is InChI=1S/C11H12F3N.ClH/c12-11(13,14)9-4-2-1-3-8(9)7-10(15)5-6-10;/h1-4H,5-7,15H2;1H. The van der Waals surface area contributed by atoms with Crippen LogP contribution < -0.4 is 5.73 Å². The van der Waals surface area contributed by atoms with Crippen LogP contribution in [0.4, 0.5) is 13.2 Å². The van der Waals surface area contributed by atoms with E-state index in [9.17, 15) is 13.2 Å². The monoisotopic (exact) mass is 251 g/mol. The van der Waals surface area contributed by atoms with Gasteiger partial charge in [0.2, 0.25) is 0 Å². The van der Waals surface area contributed by atoms with Gasteiger partial charge in [-0.25, -0.2) is 0 Å². The highest BCUT2D eigenvalue weighted by molar-refractivity contribution is 5.85. The first-order valence-corrected chi connectivity index (χ1v) is 4.85. The van der Waals surface area contributed by atoms with Gasteiger partial charge in [0.05, 0.1) is 5.56 Å². The zero-order valence-electron chi connectivity index (χ0n) is 8.55. The molecule has 0 spiro atoms. The highest BCUT2D eigenvalue weighted by Crippen LogP contribution is 2.39. The highest BCUT2D eigenvalue weighted by Gasteiger charge is 2.41. The summed E-state index contributed by atoms with van der Waals surface area (Å²) in [5.41, 5.74) is 5.19. The average molecular weight is 252 g/mol. The molecule has 0 saturated heterocycles. The fourth-order valence-corrected chi connectivity index (χ4v) is 1.67. The van der Waals surface area contributed by atoms with Gasteiger partial charge in [0.1, 0.15) is 0 Å². The molecule has 0 unspecified atom stereocenters. The maximum atomic E-state index is 12.6. The zero-order chi connectivity index (χ0) is 11.1. The third-order valence-electron chi connectivity index (χ3n) is 2.76. The van der Waals surface area contributed by atoms with Crippen molar-refractivity contribution in [2.24, 2.45) is 5.73 Å². The quantitative estimate of drug-likeness (QED) is 0.859. The second-order valence-corrected chi connectivity index (χ2v) is 4.19. The lowest BCUT2D eigenvalue weighted by atomic mass is 9.99. The predicted molar refractivity (Wildman–Crippen MR) is 58.5 cm³/mol. The molecule has 1 aliphatic rings. The summed E-state index contributed by atoms with van der Waals surface area (Å²) in [6.45, 7) is 0. The molecule has 0 radical (unpaired) electrons. The molecule has 0 amide bonds. The van der Waals surface area contributed by atoms with Gasteiger partial charge in [-0.3, -0.25) is 0 Å². The molecule has 16 heavy (non-hydrogen) atoms. The summed E-state index contributed by atoms with van der Waals surface area (Å²) < 4.78 is 37.8. The normalized spacial score (nSPS) is 17.8. The van der Waals surface area contributed by atoms with Gasteiger partial charge in [-0.2, -0.15) is 13.2 Å². The van der Waals surface area contributed by atoms with Crippen molar-refractivity contribution in [2.75, 3.05) is 0 Å². The number of rotatable bonds is 2. The summed E-state index contributed by atoms with van der Waals surface area (Å²) in [4.78, 5) is 0. The molecule has 1 saturated carbocycles. The minimum Gasteiger partial charge on any atom is -0.325 e. The predicted octanol–water partition coefficient (Wildman–Crippen LogP) is 3.16. The smallest absolute Gasteiger partial charge is 0.325 e. The zero-order valence-corrected chi connectivity index (χ0v) is 9.37. The Labute approximate surface area is 98.2 Å². The van der Waals surface area contributed by atoms with Crippen LogP contribution in [0.15, 0.2) is 24.3 Å².